The lowest BCUT2D eigenvalue weighted by molar-refractivity contribution is 0.414. The third kappa shape index (κ3) is 2.11. The number of hydrogen-bond acceptors (Lipinski definition) is 4. The number of aryl methyl sites for hydroxylation is 1. The van der Waals surface area contributed by atoms with E-state index in [2.05, 4.69) is 4.98 Å². The van der Waals surface area contributed by atoms with E-state index in [1.807, 2.05) is 24.3 Å². The van der Waals surface area contributed by atoms with Crippen LogP contribution in [0.1, 0.15) is 5.56 Å². The molecule has 0 N–H and O–H groups in total. The number of fused-ring (bicyclic) bond motifs is 1. The smallest absolute Gasteiger partial charge is 0.332 e. The van der Waals surface area contributed by atoms with Crippen molar-refractivity contribution in [2.45, 2.75) is 6.54 Å². The molecule has 7 nitrogen and oxygen atoms in total. The van der Waals surface area contributed by atoms with E-state index in [1.165, 1.54) is 11.6 Å². The largest absolute Gasteiger partial charge is 0.497 e. The molecular formula is C15H16N4O3. The van der Waals surface area contributed by atoms with Gasteiger partial charge in [-0.2, -0.15) is 0 Å². The second kappa shape index (κ2) is 5.18. The van der Waals surface area contributed by atoms with Crippen molar-refractivity contribution in [2.75, 3.05) is 7.11 Å². The molecule has 0 aliphatic carbocycles. The number of aromatic nitrogens is 4. The Kier molecular flexibility index (Phi) is 3.32. The zero-order chi connectivity index (χ0) is 15.9. The van der Waals surface area contributed by atoms with Crippen LogP contribution in [0.5, 0.6) is 5.75 Å². The van der Waals surface area contributed by atoms with Gasteiger partial charge in [-0.15, -0.1) is 0 Å². The van der Waals surface area contributed by atoms with Gasteiger partial charge in [0, 0.05) is 20.6 Å². The second-order valence-electron chi connectivity index (χ2n) is 5.10. The molecule has 2 aromatic heterocycles. The Bertz CT molecular complexity index is 948. The highest BCUT2D eigenvalue weighted by Gasteiger charge is 2.14. The minimum absolute atomic E-state index is 0.343. The predicted octanol–water partition coefficient (Wildman–Crippen LogP) is 0.491. The van der Waals surface area contributed by atoms with Gasteiger partial charge in [-0.3, -0.25) is 13.9 Å². The fourth-order valence-corrected chi connectivity index (χ4v) is 2.44. The third-order valence-corrected chi connectivity index (χ3v) is 3.73. The van der Waals surface area contributed by atoms with Gasteiger partial charge in [0.05, 0.1) is 13.4 Å². The summed E-state index contributed by atoms with van der Waals surface area (Å²) in [4.78, 5) is 28.4. The zero-order valence-electron chi connectivity index (χ0n) is 12.6. The molecule has 2 heterocycles. The highest BCUT2D eigenvalue weighted by molar-refractivity contribution is 5.70. The van der Waals surface area contributed by atoms with Crippen LogP contribution in [0.15, 0.2) is 40.2 Å². The zero-order valence-corrected chi connectivity index (χ0v) is 12.6. The van der Waals surface area contributed by atoms with Crippen LogP contribution < -0.4 is 16.0 Å². The van der Waals surface area contributed by atoms with Gasteiger partial charge < -0.3 is 9.30 Å². The fraction of sp³-hybridized carbons (Fsp3) is 0.267. The van der Waals surface area contributed by atoms with Crippen LogP contribution in [0.4, 0.5) is 0 Å². The summed E-state index contributed by atoms with van der Waals surface area (Å²) in [6.45, 7) is 0.494. The molecule has 1 aromatic carbocycles. The maximum Gasteiger partial charge on any atom is 0.332 e. The first-order chi connectivity index (χ1) is 10.5. The second-order valence-corrected chi connectivity index (χ2v) is 5.10. The van der Waals surface area contributed by atoms with E-state index < -0.39 is 0 Å². The molecule has 0 bridgehead atoms. The normalized spacial score (nSPS) is 11.0. The van der Waals surface area contributed by atoms with E-state index in [1.54, 1.807) is 25.1 Å². The van der Waals surface area contributed by atoms with Gasteiger partial charge in [-0.1, -0.05) is 12.1 Å². The first-order valence-corrected chi connectivity index (χ1v) is 6.76. The fourth-order valence-electron chi connectivity index (χ4n) is 2.44. The van der Waals surface area contributed by atoms with Crippen molar-refractivity contribution in [3.63, 3.8) is 0 Å². The van der Waals surface area contributed by atoms with Crippen molar-refractivity contribution in [3.8, 4) is 5.75 Å². The van der Waals surface area contributed by atoms with E-state index in [-0.39, 0.29) is 11.2 Å². The van der Waals surface area contributed by atoms with E-state index in [9.17, 15) is 9.59 Å². The molecule has 3 aromatic rings. The molecule has 22 heavy (non-hydrogen) atoms. The lowest BCUT2D eigenvalue weighted by atomic mass is 10.2. The molecule has 0 fully saturated rings. The van der Waals surface area contributed by atoms with Crippen molar-refractivity contribution in [2.24, 2.45) is 14.1 Å². The third-order valence-electron chi connectivity index (χ3n) is 3.73. The van der Waals surface area contributed by atoms with E-state index in [4.69, 9.17) is 4.74 Å². The summed E-state index contributed by atoms with van der Waals surface area (Å²) in [5.41, 5.74) is 1.09. The Balaban J connectivity index is 2.12. The number of methoxy groups -OCH3 is 1. The summed E-state index contributed by atoms with van der Waals surface area (Å²) in [6, 6.07) is 7.58. The monoisotopic (exact) mass is 300 g/mol. The molecule has 0 spiro atoms. The lowest BCUT2D eigenvalue weighted by Crippen LogP contribution is -2.37. The van der Waals surface area contributed by atoms with Crippen LogP contribution in [0.2, 0.25) is 0 Å². The topological polar surface area (TPSA) is 71.1 Å². The van der Waals surface area contributed by atoms with Crippen molar-refractivity contribution < 1.29 is 4.74 Å². The number of benzene rings is 1. The van der Waals surface area contributed by atoms with E-state index in [0.717, 1.165) is 15.9 Å². The molecule has 7 heteroatoms. The molecule has 114 valence electrons. The summed E-state index contributed by atoms with van der Waals surface area (Å²) in [6.07, 6.45) is 1.58. The molecule has 3 rings (SSSR count). The van der Waals surface area contributed by atoms with Gasteiger partial charge in [0.15, 0.2) is 11.2 Å². The van der Waals surface area contributed by atoms with Crippen molar-refractivity contribution in [1.82, 2.24) is 18.7 Å². The summed E-state index contributed by atoms with van der Waals surface area (Å²) >= 11 is 0. The summed E-state index contributed by atoms with van der Waals surface area (Å²) in [5.74, 6) is 0.776. The van der Waals surface area contributed by atoms with Crippen LogP contribution >= 0.6 is 0 Å². The summed E-state index contributed by atoms with van der Waals surface area (Å²) in [7, 11) is 4.69. The average Bonchev–Trinajstić information content (AvgIpc) is 2.95. The Labute approximate surface area is 126 Å². The average molecular weight is 300 g/mol. The highest BCUT2D eigenvalue weighted by Crippen LogP contribution is 2.14. The molecule has 0 saturated carbocycles. The van der Waals surface area contributed by atoms with Crippen LogP contribution in [0, 0.1) is 0 Å². The Morgan fingerprint density at radius 3 is 2.41 bits per heavy atom. The maximum absolute atomic E-state index is 12.3. The Morgan fingerprint density at radius 1 is 1.09 bits per heavy atom. The minimum Gasteiger partial charge on any atom is -0.497 e. The highest BCUT2D eigenvalue weighted by atomic mass is 16.5. The number of hydrogen-bond donors (Lipinski definition) is 0. The van der Waals surface area contributed by atoms with Gasteiger partial charge in [0.2, 0.25) is 0 Å². The summed E-state index contributed by atoms with van der Waals surface area (Å²) in [5, 5.41) is 0. The van der Waals surface area contributed by atoms with Crippen LogP contribution in [-0.4, -0.2) is 25.8 Å². The molecule has 0 unspecified atom stereocenters. The number of imidazole rings is 1. The van der Waals surface area contributed by atoms with Crippen molar-refractivity contribution >= 4 is 11.2 Å². The van der Waals surface area contributed by atoms with Crippen LogP contribution in [-0.2, 0) is 20.6 Å². The van der Waals surface area contributed by atoms with E-state index in [0.29, 0.717) is 17.7 Å². The van der Waals surface area contributed by atoms with Crippen molar-refractivity contribution in [3.05, 3.63) is 57.0 Å². The lowest BCUT2D eigenvalue weighted by Gasteiger charge is -2.07. The molecule has 0 atom stereocenters. The first-order valence-electron chi connectivity index (χ1n) is 6.76. The number of nitrogens with zero attached hydrogens (tertiary/aromatic N) is 4. The predicted molar refractivity (Wildman–Crippen MR) is 82.3 cm³/mol. The van der Waals surface area contributed by atoms with Crippen LogP contribution in [0.3, 0.4) is 0 Å². The van der Waals surface area contributed by atoms with Gasteiger partial charge in [-0.05, 0) is 17.7 Å². The standard InChI is InChI=1S/C15H16N4O3/c1-17-13-12(14(20)18(2)15(17)21)19(9-16-13)8-10-4-6-11(22-3)7-5-10/h4-7,9H,8H2,1-3H3. The summed E-state index contributed by atoms with van der Waals surface area (Å²) < 4.78 is 9.34. The first kappa shape index (κ1) is 14.1. The molecule has 0 saturated heterocycles. The van der Waals surface area contributed by atoms with E-state index >= 15 is 0 Å². The SMILES string of the molecule is COc1ccc(Cn2cnc3c2c(=O)n(C)c(=O)n3C)cc1. The van der Waals surface area contributed by atoms with Gasteiger partial charge >= 0.3 is 5.69 Å². The molecule has 0 radical (unpaired) electrons. The molecular weight excluding hydrogens is 284 g/mol. The van der Waals surface area contributed by atoms with Gasteiger partial charge in [-0.25, -0.2) is 9.78 Å². The van der Waals surface area contributed by atoms with Gasteiger partial charge in [0.1, 0.15) is 5.75 Å². The molecule has 0 aliphatic heterocycles. The minimum atomic E-state index is -0.382. The number of rotatable bonds is 3. The quantitative estimate of drug-likeness (QED) is 0.706. The maximum atomic E-state index is 12.3. The van der Waals surface area contributed by atoms with Crippen molar-refractivity contribution in [1.29, 1.82) is 0 Å². The Hall–Kier alpha value is -2.83. The number of ether oxygens (including phenoxy) is 1. The van der Waals surface area contributed by atoms with Gasteiger partial charge in [0.25, 0.3) is 5.56 Å². The van der Waals surface area contributed by atoms with Crippen LogP contribution in [0.25, 0.3) is 11.2 Å². The molecule has 0 aliphatic rings. The molecule has 0 amide bonds. The Morgan fingerprint density at radius 2 is 1.77 bits per heavy atom.